The maximum absolute atomic E-state index is 10.3. The van der Waals surface area contributed by atoms with Gasteiger partial charge in [0.15, 0.2) is 0 Å². The van der Waals surface area contributed by atoms with E-state index in [-0.39, 0.29) is 13.0 Å². The Balaban J connectivity index is 3.97. The lowest BCUT2D eigenvalue weighted by Gasteiger charge is -2.13. The zero-order chi connectivity index (χ0) is 9.72. The molecule has 0 aromatic rings. The van der Waals surface area contributed by atoms with Crippen molar-refractivity contribution in [2.45, 2.75) is 12.6 Å². The molecule has 0 radical (unpaired) electrons. The SMILES string of the molecule is CN(C)C(CC[N+](=O)[O-])[N+](=O)[O-]. The topological polar surface area (TPSA) is 89.5 Å². The van der Waals surface area contributed by atoms with E-state index in [0.29, 0.717) is 0 Å². The summed E-state index contributed by atoms with van der Waals surface area (Å²) in [6, 6.07) is 0. The largest absolute Gasteiger partial charge is 0.274 e. The molecule has 1 unspecified atom stereocenters. The van der Waals surface area contributed by atoms with Gasteiger partial charge in [-0.05, 0) is 14.1 Å². The van der Waals surface area contributed by atoms with Crippen LogP contribution < -0.4 is 0 Å². The summed E-state index contributed by atoms with van der Waals surface area (Å²) in [5, 5.41) is 20.2. The first kappa shape index (κ1) is 10.8. The van der Waals surface area contributed by atoms with Gasteiger partial charge < -0.3 is 0 Å². The molecule has 0 N–H and O–H groups in total. The van der Waals surface area contributed by atoms with Crippen LogP contribution in [-0.2, 0) is 0 Å². The van der Waals surface area contributed by atoms with Crippen LogP contribution in [0.5, 0.6) is 0 Å². The smallest absolute Gasteiger partial charge is 0.265 e. The second-order valence-electron chi connectivity index (χ2n) is 2.57. The summed E-state index contributed by atoms with van der Waals surface area (Å²) in [5.41, 5.74) is 0. The van der Waals surface area contributed by atoms with Crippen LogP contribution in [0, 0.1) is 20.2 Å². The maximum atomic E-state index is 10.3. The Hall–Kier alpha value is -1.24. The number of nitro groups is 2. The summed E-state index contributed by atoms with van der Waals surface area (Å²) in [4.78, 5) is 20.5. The lowest BCUT2D eigenvalue weighted by molar-refractivity contribution is -0.562. The zero-order valence-electron chi connectivity index (χ0n) is 6.97. The molecule has 0 fully saturated rings. The van der Waals surface area contributed by atoms with Crippen LogP contribution in [-0.4, -0.2) is 41.6 Å². The molecule has 0 aromatic carbocycles. The third kappa shape index (κ3) is 3.81. The minimum atomic E-state index is -0.963. The monoisotopic (exact) mass is 177 g/mol. The third-order valence-corrected chi connectivity index (χ3v) is 1.41. The predicted octanol–water partition coefficient (Wildman–Crippen LogP) is -0.182. The van der Waals surface area contributed by atoms with Gasteiger partial charge in [0.05, 0.1) is 6.42 Å². The summed E-state index contributed by atoms with van der Waals surface area (Å²) in [6.07, 6.45) is -1.03. The minimum absolute atomic E-state index is 0.0625. The zero-order valence-corrected chi connectivity index (χ0v) is 6.97. The highest BCUT2D eigenvalue weighted by molar-refractivity contribution is 4.51. The van der Waals surface area contributed by atoms with E-state index < -0.39 is 16.0 Å². The van der Waals surface area contributed by atoms with Gasteiger partial charge in [-0.3, -0.25) is 20.2 Å². The third-order valence-electron chi connectivity index (χ3n) is 1.41. The molecule has 0 aliphatic heterocycles. The van der Waals surface area contributed by atoms with Gasteiger partial charge in [0.2, 0.25) is 6.54 Å². The van der Waals surface area contributed by atoms with E-state index in [1.807, 2.05) is 0 Å². The van der Waals surface area contributed by atoms with E-state index in [4.69, 9.17) is 0 Å². The number of rotatable bonds is 5. The highest BCUT2D eigenvalue weighted by Crippen LogP contribution is 1.99. The van der Waals surface area contributed by atoms with Crippen LogP contribution >= 0.6 is 0 Å². The van der Waals surface area contributed by atoms with Crippen LogP contribution in [0.2, 0.25) is 0 Å². The lowest BCUT2D eigenvalue weighted by atomic mass is 10.3. The van der Waals surface area contributed by atoms with Crippen LogP contribution in [0.1, 0.15) is 6.42 Å². The Bertz CT molecular complexity index is 182. The van der Waals surface area contributed by atoms with E-state index in [9.17, 15) is 20.2 Å². The van der Waals surface area contributed by atoms with Crippen molar-refractivity contribution in [3.05, 3.63) is 20.2 Å². The first-order chi connectivity index (χ1) is 5.45. The second kappa shape index (κ2) is 4.60. The summed E-state index contributed by atoms with van der Waals surface area (Å²) < 4.78 is 0. The molecule has 0 aliphatic carbocycles. The number of hydrogen-bond acceptors (Lipinski definition) is 5. The van der Waals surface area contributed by atoms with E-state index in [0.717, 1.165) is 0 Å². The molecule has 7 nitrogen and oxygen atoms in total. The van der Waals surface area contributed by atoms with Crippen molar-refractivity contribution < 1.29 is 9.85 Å². The molecule has 1 atom stereocenters. The molecule has 0 amide bonds. The van der Waals surface area contributed by atoms with E-state index >= 15 is 0 Å². The van der Waals surface area contributed by atoms with Crippen molar-refractivity contribution in [1.82, 2.24) is 4.90 Å². The van der Waals surface area contributed by atoms with Gasteiger partial charge in [0, 0.05) is 9.85 Å². The molecule has 7 heteroatoms. The Morgan fingerprint density at radius 1 is 1.33 bits per heavy atom. The van der Waals surface area contributed by atoms with Crippen molar-refractivity contribution in [3.8, 4) is 0 Å². The van der Waals surface area contributed by atoms with Crippen molar-refractivity contribution in [3.63, 3.8) is 0 Å². The van der Waals surface area contributed by atoms with Crippen molar-refractivity contribution in [2.75, 3.05) is 20.6 Å². The lowest BCUT2D eigenvalue weighted by Crippen LogP contribution is -2.36. The normalized spacial score (nSPS) is 12.9. The highest BCUT2D eigenvalue weighted by Gasteiger charge is 2.24. The average molecular weight is 177 g/mol. The molecule has 0 spiro atoms. The Morgan fingerprint density at radius 2 is 1.83 bits per heavy atom. The molecule has 0 saturated carbocycles. The average Bonchev–Trinajstić information content (AvgIpc) is 1.84. The fourth-order valence-electron chi connectivity index (χ4n) is 0.773. The van der Waals surface area contributed by atoms with Crippen molar-refractivity contribution in [2.24, 2.45) is 0 Å². The van der Waals surface area contributed by atoms with Gasteiger partial charge in [0.1, 0.15) is 0 Å². The molecule has 0 bridgehead atoms. The molecule has 0 rings (SSSR count). The fourth-order valence-corrected chi connectivity index (χ4v) is 0.773. The molecule has 70 valence electrons. The summed E-state index contributed by atoms with van der Waals surface area (Å²) in [5.74, 6) is 0. The first-order valence-corrected chi connectivity index (χ1v) is 3.37. The molecule has 0 heterocycles. The van der Waals surface area contributed by atoms with Crippen molar-refractivity contribution in [1.29, 1.82) is 0 Å². The summed E-state index contributed by atoms with van der Waals surface area (Å²) in [7, 11) is 3.04. The van der Waals surface area contributed by atoms with Gasteiger partial charge in [-0.25, -0.2) is 4.90 Å². The molecular formula is C5H11N3O4. The second-order valence-corrected chi connectivity index (χ2v) is 2.57. The van der Waals surface area contributed by atoms with E-state index in [1.54, 1.807) is 0 Å². The minimum Gasteiger partial charge on any atom is -0.265 e. The van der Waals surface area contributed by atoms with E-state index in [2.05, 4.69) is 0 Å². The molecular weight excluding hydrogens is 166 g/mol. The summed E-state index contributed by atoms with van der Waals surface area (Å²) >= 11 is 0. The number of nitrogens with zero attached hydrogens (tertiary/aromatic N) is 3. The van der Waals surface area contributed by atoms with Gasteiger partial charge in [-0.15, -0.1) is 0 Å². The van der Waals surface area contributed by atoms with Gasteiger partial charge in [-0.2, -0.15) is 0 Å². The van der Waals surface area contributed by atoms with Crippen LogP contribution in [0.15, 0.2) is 0 Å². The Labute approximate surface area is 69.3 Å². The van der Waals surface area contributed by atoms with Gasteiger partial charge in [0.25, 0.3) is 6.17 Å². The Morgan fingerprint density at radius 3 is 2.08 bits per heavy atom. The highest BCUT2D eigenvalue weighted by atomic mass is 16.6. The standard InChI is InChI=1S/C5H11N3O4/c1-6(2)5(8(11)12)3-4-7(9)10/h5H,3-4H2,1-2H3. The summed E-state index contributed by atoms with van der Waals surface area (Å²) in [6.45, 7) is -0.371. The Kier molecular flexibility index (Phi) is 4.12. The van der Waals surface area contributed by atoms with Crippen LogP contribution in [0.25, 0.3) is 0 Å². The van der Waals surface area contributed by atoms with Gasteiger partial charge >= 0.3 is 0 Å². The van der Waals surface area contributed by atoms with Crippen molar-refractivity contribution >= 4 is 0 Å². The molecule has 0 saturated heterocycles. The number of hydrogen-bond donors (Lipinski definition) is 0. The quantitative estimate of drug-likeness (QED) is 0.330. The fraction of sp³-hybridized carbons (Fsp3) is 1.00. The van der Waals surface area contributed by atoms with Crippen LogP contribution in [0.4, 0.5) is 0 Å². The van der Waals surface area contributed by atoms with Gasteiger partial charge in [-0.1, -0.05) is 0 Å². The molecule has 0 aromatic heterocycles. The molecule has 0 aliphatic rings. The van der Waals surface area contributed by atoms with E-state index in [1.165, 1.54) is 19.0 Å². The predicted molar refractivity (Wildman–Crippen MR) is 40.9 cm³/mol. The molecule has 12 heavy (non-hydrogen) atoms. The first-order valence-electron chi connectivity index (χ1n) is 3.37. The van der Waals surface area contributed by atoms with Crippen LogP contribution in [0.3, 0.4) is 0 Å². The maximum Gasteiger partial charge on any atom is 0.274 e.